The van der Waals surface area contributed by atoms with E-state index in [1.165, 1.54) is 0 Å². The Hall–Kier alpha value is -2.38. The molecule has 7 heteroatoms. The van der Waals surface area contributed by atoms with Gasteiger partial charge in [-0.05, 0) is 56.4 Å². The normalized spacial score (nSPS) is 15.9. The van der Waals surface area contributed by atoms with E-state index in [9.17, 15) is 13.2 Å². The van der Waals surface area contributed by atoms with Gasteiger partial charge in [0, 0.05) is 25.3 Å². The van der Waals surface area contributed by atoms with Crippen LogP contribution in [0.25, 0.3) is 0 Å². The van der Waals surface area contributed by atoms with Crippen molar-refractivity contribution in [3.63, 3.8) is 0 Å². The molecule has 2 aromatic rings. The fourth-order valence-corrected chi connectivity index (χ4v) is 4.87. The van der Waals surface area contributed by atoms with Crippen molar-refractivity contribution in [2.45, 2.75) is 31.1 Å². The number of nitrogens with zero attached hydrogens (tertiary/aromatic N) is 1. The zero-order valence-electron chi connectivity index (χ0n) is 16.1. The van der Waals surface area contributed by atoms with E-state index < -0.39 is 10.0 Å². The van der Waals surface area contributed by atoms with Gasteiger partial charge in [0.2, 0.25) is 10.0 Å². The molecule has 1 heterocycles. The first kappa shape index (κ1) is 20.4. The van der Waals surface area contributed by atoms with Crippen molar-refractivity contribution in [3.05, 3.63) is 60.2 Å². The topological polar surface area (TPSA) is 78.5 Å². The van der Waals surface area contributed by atoms with Gasteiger partial charge in [0.15, 0.2) is 0 Å². The van der Waals surface area contributed by atoms with Crippen molar-refractivity contribution in [3.8, 4) is 0 Å². The van der Waals surface area contributed by atoms with Gasteiger partial charge in [0.05, 0.1) is 4.90 Å². The van der Waals surface area contributed by atoms with Gasteiger partial charge in [-0.2, -0.15) is 4.31 Å². The summed E-state index contributed by atoms with van der Waals surface area (Å²) in [5, 5.41) is 5.69. The molecular formula is C21H27N3O3S. The summed E-state index contributed by atoms with van der Waals surface area (Å²) in [6, 6.07) is 16.0. The Kier molecular flexibility index (Phi) is 6.70. The van der Waals surface area contributed by atoms with Gasteiger partial charge < -0.3 is 10.6 Å². The first-order valence-electron chi connectivity index (χ1n) is 9.62. The average Bonchev–Trinajstić information content (AvgIpc) is 2.71. The molecule has 3 rings (SSSR count). The van der Waals surface area contributed by atoms with Crippen LogP contribution in [0.15, 0.2) is 59.5 Å². The van der Waals surface area contributed by atoms with E-state index in [0.29, 0.717) is 30.4 Å². The monoisotopic (exact) mass is 401 g/mol. The number of aryl methyl sites for hydroxylation is 1. The fourth-order valence-electron chi connectivity index (χ4n) is 3.38. The number of rotatable bonds is 6. The second-order valence-electron chi connectivity index (χ2n) is 7.20. The number of carbonyl (C=O) groups is 1. The quantitative estimate of drug-likeness (QED) is 0.776. The van der Waals surface area contributed by atoms with Crippen molar-refractivity contribution in [2.75, 3.05) is 25.0 Å². The second-order valence-corrected chi connectivity index (χ2v) is 9.13. The van der Waals surface area contributed by atoms with Crippen molar-refractivity contribution >= 4 is 21.7 Å². The maximum absolute atomic E-state index is 12.7. The highest BCUT2D eigenvalue weighted by Crippen LogP contribution is 2.25. The van der Waals surface area contributed by atoms with Crippen LogP contribution in [0.4, 0.5) is 10.5 Å². The van der Waals surface area contributed by atoms with Crippen molar-refractivity contribution in [2.24, 2.45) is 5.92 Å². The van der Waals surface area contributed by atoms with Crippen molar-refractivity contribution in [1.82, 2.24) is 9.62 Å². The number of anilines is 1. The minimum Gasteiger partial charge on any atom is -0.338 e. The summed E-state index contributed by atoms with van der Waals surface area (Å²) >= 11 is 0. The lowest BCUT2D eigenvalue weighted by atomic mass is 9.95. The largest absolute Gasteiger partial charge is 0.338 e. The molecule has 1 aliphatic heterocycles. The molecule has 150 valence electrons. The Morgan fingerprint density at radius 2 is 1.68 bits per heavy atom. The van der Waals surface area contributed by atoms with Crippen LogP contribution in [0.1, 0.15) is 24.8 Å². The van der Waals surface area contributed by atoms with E-state index in [4.69, 9.17) is 0 Å². The summed E-state index contributed by atoms with van der Waals surface area (Å²) in [7, 11) is -3.40. The molecule has 2 aromatic carbocycles. The van der Waals surface area contributed by atoms with E-state index >= 15 is 0 Å². The van der Waals surface area contributed by atoms with Crippen molar-refractivity contribution in [1.29, 1.82) is 0 Å². The highest BCUT2D eigenvalue weighted by atomic mass is 32.2. The van der Waals surface area contributed by atoms with Crippen LogP contribution >= 0.6 is 0 Å². The molecule has 0 aliphatic carbocycles. The summed E-state index contributed by atoms with van der Waals surface area (Å²) < 4.78 is 26.9. The summed E-state index contributed by atoms with van der Waals surface area (Å²) in [5.74, 6) is 0.418. The number of hydrogen-bond acceptors (Lipinski definition) is 3. The molecule has 0 bridgehead atoms. The minimum absolute atomic E-state index is 0.215. The Balaban J connectivity index is 1.40. The summed E-state index contributed by atoms with van der Waals surface area (Å²) in [4.78, 5) is 12.3. The van der Waals surface area contributed by atoms with Gasteiger partial charge in [-0.25, -0.2) is 13.2 Å². The van der Waals surface area contributed by atoms with Crippen LogP contribution in [0, 0.1) is 12.8 Å². The lowest BCUT2D eigenvalue weighted by Gasteiger charge is -2.31. The number of piperidine rings is 1. The van der Waals surface area contributed by atoms with Crippen LogP contribution in [-0.2, 0) is 10.0 Å². The average molecular weight is 402 g/mol. The molecule has 1 saturated heterocycles. The lowest BCUT2D eigenvalue weighted by Crippen LogP contribution is -2.39. The smallest absolute Gasteiger partial charge is 0.319 e. The zero-order chi connectivity index (χ0) is 20.0. The number of hydrogen-bond donors (Lipinski definition) is 2. The molecule has 0 saturated carbocycles. The standard InChI is InChI=1S/C21H27N3O3S/c1-17-7-9-19(10-8-17)23-21(25)22-14-11-18-12-15-24(16-13-18)28(26,27)20-5-3-2-4-6-20/h2-10,18H,11-16H2,1H3,(H2,22,23,25). The third-order valence-corrected chi connectivity index (χ3v) is 7.01. The second kappa shape index (κ2) is 9.21. The number of sulfonamides is 1. The number of benzene rings is 2. The molecule has 2 amide bonds. The van der Waals surface area contributed by atoms with E-state index in [1.807, 2.05) is 37.3 Å². The number of amides is 2. The first-order valence-corrected chi connectivity index (χ1v) is 11.1. The van der Waals surface area contributed by atoms with Gasteiger partial charge in [-0.3, -0.25) is 0 Å². The lowest BCUT2D eigenvalue weighted by molar-refractivity contribution is 0.245. The maximum atomic E-state index is 12.7. The van der Waals surface area contributed by atoms with Crippen LogP contribution < -0.4 is 10.6 Å². The highest BCUT2D eigenvalue weighted by molar-refractivity contribution is 7.89. The Morgan fingerprint density at radius 3 is 2.32 bits per heavy atom. The zero-order valence-corrected chi connectivity index (χ0v) is 16.9. The Morgan fingerprint density at radius 1 is 1.04 bits per heavy atom. The molecule has 0 atom stereocenters. The molecule has 1 fully saturated rings. The highest BCUT2D eigenvalue weighted by Gasteiger charge is 2.29. The van der Waals surface area contributed by atoms with E-state index in [-0.39, 0.29) is 6.03 Å². The minimum atomic E-state index is -3.40. The molecule has 1 aliphatic rings. The summed E-state index contributed by atoms with van der Waals surface area (Å²) in [5.41, 5.74) is 1.91. The van der Waals surface area contributed by atoms with Gasteiger partial charge in [-0.15, -0.1) is 0 Å². The molecular weight excluding hydrogens is 374 g/mol. The van der Waals surface area contributed by atoms with Crippen LogP contribution in [0.3, 0.4) is 0 Å². The van der Waals surface area contributed by atoms with Crippen LogP contribution in [0.5, 0.6) is 0 Å². The van der Waals surface area contributed by atoms with Crippen LogP contribution in [0.2, 0.25) is 0 Å². The molecule has 6 nitrogen and oxygen atoms in total. The molecule has 28 heavy (non-hydrogen) atoms. The van der Waals surface area contributed by atoms with E-state index in [1.54, 1.807) is 28.6 Å². The summed E-state index contributed by atoms with van der Waals surface area (Å²) in [6.07, 6.45) is 2.47. The maximum Gasteiger partial charge on any atom is 0.319 e. The molecule has 0 unspecified atom stereocenters. The predicted octanol–water partition coefficient (Wildman–Crippen LogP) is 3.61. The fraction of sp³-hybridized carbons (Fsp3) is 0.381. The summed E-state index contributed by atoms with van der Waals surface area (Å²) in [6.45, 7) is 3.63. The Bertz CT molecular complexity index is 875. The predicted molar refractivity (Wildman–Crippen MR) is 111 cm³/mol. The number of carbonyl (C=O) groups excluding carboxylic acids is 1. The molecule has 0 spiro atoms. The molecule has 0 aromatic heterocycles. The molecule has 2 N–H and O–H groups in total. The molecule has 0 radical (unpaired) electrons. The van der Waals surface area contributed by atoms with Gasteiger partial charge in [0.25, 0.3) is 0 Å². The van der Waals surface area contributed by atoms with Gasteiger partial charge in [-0.1, -0.05) is 35.9 Å². The SMILES string of the molecule is Cc1ccc(NC(=O)NCCC2CCN(S(=O)(=O)c3ccccc3)CC2)cc1. The van der Waals surface area contributed by atoms with Gasteiger partial charge >= 0.3 is 6.03 Å². The number of urea groups is 1. The van der Waals surface area contributed by atoms with Crippen LogP contribution in [-0.4, -0.2) is 38.4 Å². The van der Waals surface area contributed by atoms with E-state index in [2.05, 4.69) is 10.6 Å². The third-order valence-electron chi connectivity index (χ3n) is 5.10. The van der Waals surface area contributed by atoms with Crippen molar-refractivity contribution < 1.29 is 13.2 Å². The first-order chi connectivity index (χ1) is 13.4. The van der Waals surface area contributed by atoms with E-state index in [0.717, 1.165) is 30.5 Å². The Labute approximate surface area is 167 Å². The third kappa shape index (κ3) is 5.33. The van der Waals surface area contributed by atoms with Gasteiger partial charge in [0.1, 0.15) is 0 Å². The number of nitrogens with one attached hydrogen (secondary N) is 2.